The molecule has 0 atom stereocenters. The van der Waals surface area contributed by atoms with Crippen LogP contribution in [0.25, 0.3) is 39.4 Å². The first kappa shape index (κ1) is 27.0. The van der Waals surface area contributed by atoms with E-state index in [2.05, 4.69) is 59.7 Å². The lowest BCUT2D eigenvalue weighted by atomic mass is 9.81. The van der Waals surface area contributed by atoms with Crippen LogP contribution >= 0.6 is 0 Å². The summed E-state index contributed by atoms with van der Waals surface area (Å²) >= 11 is 0. The second kappa shape index (κ2) is 11.8. The van der Waals surface area contributed by atoms with Gasteiger partial charge in [-0.1, -0.05) is 86.5 Å². The number of hydrogen-bond acceptors (Lipinski definition) is 3. The number of benzene rings is 3. The van der Waals surface area contributed by atoms with E-state index in [9.17, 15) is 14.7 Å². The van der Waals surface area contributed by atoms with Crippen molar-refractivity contribution in [2.24, 2.45) is 0 Å². The molecule has 1 aromatic heterocycles. The Morgan fingerprint density at radius 3 is 2.15 bits per heavy atom. The highest BCUT2D eigenvalue weighted by Crippen LogP contribution is 2.44. The summed E-state index contributed by atoms with van der Waals surface area (Å²) in [5, 5.41) is 10.9. The Balaban J connectivity index is 1.50. The normalized spacial score (nSPS) is 16.1. The maximum atomic E-state index is 13.6. The van der Waals surface area contributed by atoms with Crippen molar-refractivity contribution in [3.8, 4) is 22.4 Å². The summed E-state index contributed by atoms with van der Waals surface area (Å²) < 4.78 is 7.56. The lowest BCUT2D eigenvalue weighted by molar-refractivity contribution is -0.135. The number of hydrogen-bond donors (Lipinski definition) is 1. The minimum atomic E-state index is -0.966. The molecule has 1 saturated carbocycles. The van der Waals surface area contributed by atoms with Crippen LogP contribution in [-0.4, -0.2) is 52.8 Å². The quantitative estimate of drug-likeness (QED) is 0.265. The first-order valence-corrected chi connectivity index (χ1v) is 14.6. The van der Waals surface area contributed by atoms with Gasteiger partial charge in [-0.2, -0.15) is 0 Å². The van der Waals surface area contributed by atoms with Gasteiger partial charge in [-0.15, -0.1) is 0 Å². The summed E-state index contributed by atoms with van der Waals surface area (Å²) in [5.41, 5.74) is 7.69. The third-order valence-corrected chi connectivity index (χ3v) is 8.66. The number of carbonyl (C=O) groups excluding carboxylic acids is 1. The summed E-state index contributed by atoms with van der Waals surface area (Å²) in [6.45, 7) is 6.23. The first-order valence-electron chi connectivity index (χ1n) is 14.6. The topological polar surface area (TPSA) is 71.8 Å². The number of amides is 1. The Morgan fingerprint density at radius 2 is 1.51 bits per heavy atom. The van der Waals surface area contributed by atoms with Gasteiger partial charge in [0.2, 0.25) is 5.91 Å². The van der Waals surface area contributed by atoms with Crippen LogP contribution in [0.3, 0.4) is 0 Å². The van der Waals surface area contributed by atoms with Gasteiger partial charge in [0, 0.05) is 18.5 Å². The van der Waals surface area contributed by atoms with Crippen molar-refractivity contribution in [3.63, 3.8) is 0 Å². The van der Waals surface area contributed by atoms with E-state index in [4.69, 9.17) is 4.74 Å². The fourth-order valence-electron chi connectivity index (χ4n) is 6.47. The molecule has 1 aliphatic heterocycles. The molecule has 210 valence electrons. The molecule has 1 N–H and O–H groups in total. The molecule has 1 saturated heterocycles. The minimum Gasteiger partial charge on any atom is -0.478 e. The van der Waals surface area contributed by atoms with E-state index in [1.807, 2.05) is 17.0 Å². The summed E-state index contributed by atoms with van der Waals surface area (Å²) in [4.78, 5) is 27.5. The minimum absolute atomic E-state index is 0.0290. The zero-order valence-electron chi connectivity index (χ0n) is 23.4. The molecule has 0 spiro atoms. The summed E-state index contributed by atoms with van der Waals surface area (Å²) in [5.74, 6) is -0.573. The SMILES string of the molecule is C=Cc1ccc(-c2ccc(-c3c(C4CCCCC4)c4ccc(C(=O)O)cc4n3CC(=O)N3CCOCC3)cc2)cc1. The van der Waals surface area contributed by atoms with E-state index in [1.54, 1.807) is 12.1 Å². The maximum absolute atomic E-state index is 13.6. The summed E-state index contributed by atoms with van der Waals surface area (Å²) in [6, 6.07) is 22.3. The van der Waals surface area contributed by atoms with Crippen LogP contribution in [0.5, 0.6) is 0 Å². The molecule has 6 rings (SSSR count). The van der Waals surface area contributed by atoms with Crippen LogP contribution < -0.4 is 0 Å². The van der Waals surface area contributed by atoms with Gasteiger partial charge in [0.1, 0.15) is 6.54 Å². The number of carboxylic acids is 1. The Labute approximate surface area is 240 Å². The number of aromatic carboxylic acids is 1. The van der Waals surface area contributed by atoms with Crippen LogP contribution in [0.1, 0.15) is 59.5 Å². The Hall–Kier alpha value is -4.16. The molecule has 1 aliphatic carbocycles. The molecule has 3 aromatic carbocycles. The zero-order chi connectivity index (χ0) is 28.3. The molecule has 6 nitrogen and oxygen atoms in total. The van der Waals surface area contributed by atoms with Gasteiger partial charge in [0.05, 0.1) is 30.0 Å². The second-order valence-electron chi connectivity index (χ2n) is 11.1. The standard InChI is InChI=1S/C35H36N2O4/c1-2-24-8-10-25(11-9-24)26-12-14-28(15-13-26)34-33(27-6-4-3-5-7-27)30-17-16-29(35(39)40)22-31(30)37(34)23-32(38)36-18-20-41-21-19-36/h2,8-17,22,27H,1,3-7,18-21,23H2,(H,39,40). The van der Waals surface area contributed by atoms with E-state index in [0.717, 1.165) is 51.7 Å². The average molecular weight is 549 g/mol. The average Bonchev–Trinajstić information content (AvgIpc) is 3.35. The molecule has 0 radical (unpaired) electrons. The third-order valence-electron chi connectivity index (χ3n) is 8.66. The van der Waals surface area contributed by atoms with Gasteiger partial charge in [-0.3, -0.25) is 4.79 Å². The van der Waals surface area contributed by atoms with Gasteiger partial charge < -0.3 is 19.3 Å². The van der Waals surface area contributed by atoms with Crippen molar-refractivity contribution in [2.45, 2.75) is 44.6 Å². The molecule has 4 aromatic rings. The van der Waals surface area contributed by atoms with Crippen molar-refractivity contribution in [1.82, 2.24) is 9.47 Å². The number of carboxylic acid groups (broad SMARTS) is 1. The molecule has 2 heterocycles. The zero-order valence-corrected chi connectivity index (χ0v) is 23.4. The first-order chi connectivity index (χ1) is 20.0. The number of fused-ring (bicyclic) bond motifs is 1. The highest BCUT2D eigenvalue weighted by molar-refractivity contribution is 5.99. The van der Waals surface area contributed by atoms with Crippen LogP contribution in [0.15, 0.2) is 73.3 Å². The number of carbonyl (C=O) groups is 2. The maximum Gasteiger partial charge on any atom is 0.335 e. The number of nitrogens with zero attached hydrogens (tertiary/aromatic N) is 2. The van der Waals surface area contributed by atoms with Crippen molar-refractivity contribution in [3.05, 3.63) is 90.0 Å². The monoisotopic (exact) mass is 548 g/mol. The third kappa shape index (κ3) is 5.44. The van der Waals surface area contributed by atoms with Gasteiger partial charge in [0.25, 0.3) is 0 Å². The van der Waals surface area contributed by atoms with E-state index in [0.29, 0.717) is 32.2 Å². The summed E-state index contributed by atoms with van der Waals surface area (Å²) in [6.07, 6.45) is 7.62. The van der Waals surface area contributed by atoms with Crippen LogP contribution in [0.4, 0.5) is 0 Å². The van der Waals surface area contributed by atoms with E-state index in [1.165, 1.54) is 24.8 Å². The molecule has 0 bridgehead atoms. The molecule has 2 fully saturated rings. The number of aromatic nitrogens is 1. The fourth-order valence-corrected chi connectivity index (χ4v) is 6.47. The predicted octanol–water partition coefficient (Wildman–Crippen LogP) is 7.22. The Morgan fingerprint density at radius 1 is 0.878 bits per heavy atom. The van der Waals surface area contributed by atoms with Crippen molar-refractivity contribution >= 4 is 28.9 Å². The lowest BCUT2D eigenvalue weighted by Gasteiger charge is -2.28. The number of rotatable bonds is 7. The lowest BCUT2D eigenvalue weighted by Crippen LogP contribution is -2.42. The van der Waals surface area contributed by atoms with Crippen LogP contribution in [-0.2, 0) is 16.1 Å². The van der Waals surface area contributed by atoms with Crippen molar-refractivity contribution in [2.75, 3.05) is 26.3 Å². The van der Waals surface area contributed by atoms with Crippen molar-refractivity contribution in [1.29, 1.82) is 0 Å². The van der Waals surface area contributed by atoms with E-state index in [-0.39, 0.29) is 18.0 Å². The molecule has 0 unspecified atom stereocenters. The molecule has 6 heteroatoms. The second-order valence-corrected chi connectivity index (χ2v) is 11.1. The highest BCUT2D eigenvalue weighted by atomic mass is 16.5. The Bertz CT molecular complexity index is 1570. The van der Waals surface area contributed by atoms with E-state index < -0.39 is 5.97 Å². The number of ether oxygens (including phenoxy) is 1. The summed E-state index contributed by atoms with van der Waals surface area (Å²) in [7, 11) is 0. The predicted molar refractivity (Wildman–Crippen MR) is 163 cm³/mol. The molecular formula is C35H36N2O4. The molecular weight excluding hydrogens is 512 g/mol. The fraction of sp³-hybridized carbons (Fsp3) is 0.314. The smallest absolute Gasteiger partial charge is 0.335 e. The Kier molecular flexibility index (Phi) is 7.75. The largest absolute Gasteiger partial charge is 0.478 e. The molecule has 2 aliphatic rings. The van der Waals surface area contributed by atoms with E-state index >= 15 is 0 Å². The van der Waals surface area contributed by atoms with Crippen molar-refractivity contribution < 1.29 is 19.4 Å². The molecule has 1 amide bonds. The van der Waals surface area contributed by atoms with Crippen LogP contribution in [0.2, 0.25) is 0 Å². The van der Waals surface area contributed by atoms with Gasteiger partial charge in [-0.25, -0.2) is 4.79 Å². The van der Waals surface area contributed by atoms with Crippen LogP contribution in [0, 0.1) is 0 Å². The van der Waals surface area contributed by atoms with Gasteiger partial charge in [0.15, 0.2) is 0 Å². The van der Waals surface area contributed by atoms with Gasteiger partial charge >= 0.3 is 5.97 Å². The molecule has 41 heavy (non-hydrogen) atoms. The number of morpholine rings is 1. The van der Waals surface area contributed by atoms with Gasteiger partial charge in [-0.05, 0) is 58.7 Å². The highest BCUT2D eigenvalue weighted by Gasteiger charge is 2.29.